The van der Waals surface area contributed by atoms with Crippen molar-refractivity contribution in [1.82, 2.24) is 8.87 Å². The van der Waals surface area contributed by atoms with Crippen LogP contribution in [0.15, 0.2) is 88.2 Å². The van der Waals surface area contributed by atoms with Crippen LogP contribution in [0.2, 0.25) is 0 Å². The van der Waals surface area contributed by atoms with E-state index in [-0.39, 0.29) is 0 Å². The highest BCUT2D eigenvalue weighted by Crippen LogP contribution is 2.28. The Morgan fingerprint density at radius 3 is 2.33 bits per heavy atom. The number of unbranched alkanes of at least 4 members (excludes halogenated alkanes) is 1. The van der Waals surface area contributed by atoms with Crippen LogP contribution in [-0.4, -0.2) is 23.8 Å². The fraction of sp³-hybridized carbons (Fsp3) is 0.259. The molecule has 0 atom stereocenters. The van der Waals surface area contributed by atoms with Crippen LogP contribution in [0, 0.1) is 6.92 Å². The summed E-state index contributed by atoms with van der Waals surface area (Å²) >= 11 is 3.66. The highest BCUT2D eigenvalue weighted by molar-refractivity contribution is 9.10. The first kappa shape index (κ1) is 23.7. The van der Waals surface area contributed by atoms with Gasteiger partial charge in [0.05, 0.1) is 10.4 Å². The quantitative estimate of drug-likeness (QED) is 0.243. The number of aryl methyl sites for hydroxylation is 1. The van der Waals surface area contributed by atoms with E-state index in [1.165, 1.54) is 9.54 Å². The van der Waals surface area contributed by atoms with Gasteiger partial charge in [0.25, 0.3) is 10.0 Å². The third kappa shape index (κ3) is 5.24. The van der Waals surface area contributed by atoms with Crippen molar-refractivity contribution in [3.8, 4) is 0 Å². The predicted octanol–water partition coefficient (Wildman–Crippen LogP) is 6.75. The van der Waals surface area contributed by atoms with Crippen molar-refractivity contribution in [2.24, 2.45) is 0 Å². The van der Waals surface area contributed by atoms with Crippen molar-refractivity contribution in [3.05, 3.63) is 100 Å². The molecule has 4 rings (SSSR count). The van der Waals surface area contributed by atoms with Crippen molar-refractivity contribution in [2.45, 2.75) is 44.7 Å². The summed E-state index contributed by atoms with van der Waals surface area (Å²) in [4.78, 5) is 2.64. The highest BCUT2D eigenvalue weighted by Gasteiger charge is 2.24. The Balaban J connectivity index is 1.77. The van der Waals surface area contributed by atoms with Crippen LogP contribution in [0.4, 0.5) is 0 Å². The zero-order valence-electron chi connectivity index (χ0n) is 19.0. The molecule has 0 radical (unpaired) electrons. The first-order valence-electron chi connectivity index (χ1n) is 11.3. The molecule has 6 heteroatoms. The summed E-state index contributed by atoms with van der Waals surface area (Å²) < 4.78 is 30.2. The Labute approximate surface area is 205 Å². The Morgan fingerprint density at radius 1 is 0.909 bits per heavy atom. The summed E-state index contributed by atoms with van der Waals surface area (Å²) in [6, 6.07) is 25.0. The molecule has 172 valence electrons. The predicted molar refractivity (Wildman–Crippen MR) is 139 cm³/mol. The van der Waals surface area contributed by atoms with Crippen LogP contribution in [0.3, 0.4) is 0 Å². The number of nitrogens with zero attached hydrogens (tertiary/aromatic N) is 2. The summed E-state index contributed by atoms with van der Waals surface area (Å²) in [7, 11) is -3.74. The van der Waals surface area contributed by atoms with E-state index in [9.17, 15) is 8.42 Å². The Hall–Kier alpha value is -2.41. The van der Waals surface area contributed by atoms with Crippen molar-refractivity contribution >= 4 is 36.9 Å². The molecule has 0 saturated heterocycles. The Bertz CT molecular complexity index is 1340. The van der Waals surface area contributed by atoms with Gasteiger partial charge in [-0.25, -0.2) is 12.4 Å². The lowest BCUT2D eigenvalue weighted by molar-refractivity contribution is 0.249. The molecule has 0 N–H and O–H groups in total. The molecule has 33 heavy (non-hydrogen) atoms. The molecule has 0 fully saturated rings. The number of fused-ring (bicyclic) bond motifs is 1. The van der Waals surface area contributed by atoms with Crippen molar-refractivity contribution in [3.63, 3.8) is 0 Å². The number of rotatable bonds is 9. The summed E-state index contributed by atoms with van der Waals surface area (Å²) in [6.07, 6.45) is 2.13. The SMILES string of the molecule is CCCCN(Cc1ccccc1Br)Cc1cc2ccccc2n1S(=O)(=O)c1ccc(C)cc1. The fourth-order valence-electron chi connectivity index (χ4n) is 4.09. The second-order valence-corrected chi connectivity index (χ2v) is 11.1. The molecule has 4 nitrogen and oxygen atoms in total. The van der Waals surface area contributed by atoms with Crippen molar-refractivity contribution in [1.29, 1.82) is 0 Å². The van der Waals surface area contributed by atoms with E-state index < -0.39 is 10.0 Å². The zero-order valence-corrected chi connectivity index (χ0v) is 21.4. The number of hydrogen-bond acceptors (Lipinski definition) is 3. The number of halogens is 1. The lowest BCUT2D eigenvalue weighted by atomic mass is 10.2. The van der Waals surface area contributed by atoms with E-state index in [1.807, 2.05) is 67.6 Å². The highest BCUT2D eigenvalue weighted by atomic mass is 79.9. The van der Waals surface area contributed by atoms with Crippen LogP contribution in [0.5, 0.6) is 0 Å². The van der Waals surface area contributed by atoms with Crippen LogP contribution < -0.4 is 0 Å². The van der Waals surface area contributed by atoms with Gasteiger partial charge < -0.3 is 0 Å². The van der Waals surface area contributed by atoms with Gasteiger partial charge in [-0.05, 0) is 55.8 Å². The monoisotopic (exact) mass is 524 g/mol. The van der Waals surface area contributed by atoms with Crippen LogP contribution in [0.25, 0.3) is 10.9 Å². The number of para-hydroxylation sites is 1. The molecule has 0 amide bonds. The molecule has 1 heterocycles. The largest absolute Gasteiger partial charge is 0.293 e. The summed E-state index contributed by atoms with van der Waals surface area (Å²) in [6.45, 7) is 6.31. The average Bonchev–Trinajstić information content (AvgIpc) is 3.18. The van der Waals surface area contributed by atoms with E-state index in [4.69, 9.17) is 0 Å². The first-order valence-corrected chi connectivity index (χ1v) is 13.5. The molecule has 1 aromatic heterocycles. The van der Waals surface area contributed by atoms with Gasteiger partial charge in [0, 0.05) is 28.6 Å². The molecule has 0 saturated carbocycles. The van der Waals surface area contributed by atoms with Gasteiger partial charge in [0.1, 0.15) is 0 Å². The Kier molecular flexibility index (Phi) is 7.37. The fourth-order valence-corrected chi connectivity index (χ4v) is 6.03. The minimum Gasteiger partial charge on any atom is -0.293 e. The third-order valence-electron chi connectivity index (χ3n) is 5.86. The van der Waals surface area contributed by atoms with Gasteiger partial charge in [-0.3, -0.25) is 4.90 Å². The molecule has 4 aromatic rings. The summed E-state index contributed by atoms with van der Waals surface area (Å²) in [5.74, 6) is 0. The van der Waals surface area contributed by atoms with E-state index >= 15 is 0 Å². The van der Waals surface area contributed by atoms with Crippen molar-refractivity contribution < 1.29 is 8.42 Å². The maximum atomic E-state index is 13.8. The van der Waals surface area contributed by atoms with Crippen molar-refractivity contribution in [2.75, 3.05) is 6.54 Å². The second kappa shape index (κ2) is 10.2. The van der Waals surface area contributed by atoms with Gasteiger partial charge in [-0.1, -0.05) is 83.4 Å². The molecule has 0 bridgehead atoms. The number of benzene rings is 3. The maximum Gasteiger partial charge on any atom is 0.268 e. The van der Waals surface area contributed by atoms with Crippen LogP contribution in [-0.2, 0) is 23.1 Å². The number of hydrogen-bond donors (Lipinski definition) is 0. The van der Waals surface area contributed by atoms with Crippen LogP contribution in [0.1, 0.15) is 36.6 Å². The molecular formula is C27H29BrN2O2S. The molecule has 0 aliphatic heterocycles. The smallest absolute Gasteiger partial charge is 0.268 e. The van der Waals surface area contributed by atoms with E-state index in [0.717, 1.165) is 47.0 Å². The van der Waals surface area contributed by atoms with E-state index in [2.05, 4.69) is 33.8 Å². The van der Waals surface area contributed by atoms with Gasteiger partial charge in [-0.15, -0.1) is 0 Å². The number of aromatic nitrogens is 1. The lowest BCUT2D eigenvalue weighted by Crippen LogP contribution is -2.27. The topological polar surface area (TPSA) is 42.3 Å². The zero-order chi connectivity index (χ0) is 23.4. The van der Waals surface area contributed by atoms with Gasteiger partial charge >= 0.3 is 0 Å². The average molecular weight is 526 g/mol. The standard InChI is InChI=1S/C27H29BrN2O2S/c1-3-4-17-29(19-23-10-5-7-11-26(23)28)20-24-18-22-9-6-8-12-27(22)30(24)33(31,32)25-15-13-21(2)14-16-25/h5-16,18H,3-4,17,19-20H2,1-2H3. The molecular weight excluding hydrogens is 496 g/mol. The lowest BCUT2D eigenvalue weighted by Gasteiger charge is -2.24. The first-order chi connectivity index (χ1) is 15.9. The van der Waals surface area contributed by atoms with Gasteiger partial charge in [-0.2, -0.15) is 0 Å². The molecule has 3 aromatic carbocycles. The summed E-state index contributed by atoms with van der Waals surface area (Å²) in [5, 5.41) is 0.930. The summed E-state index contributed by atoms with van der Waals surface area (Å²) in [5.41, 5.74) is 3.72. The molecule has 0 aliphatic rings. The molecule has 0 unspecified atom stereocenters. The third-order valence-corrected chi connectivity index (χ3v) is 8.42. The second-order valence-electron chi connectivity index (χ2n) is 8.43. The van der Waals surface area contributed by atoms with Gasteiger partial charge in [0.15, 0.2) is 0 Å². The van der Waals surface area contributed by atoms with E-state index in [1.54, 1.807) is 12.1 Å². The van der Waals surface area contributed by atoms with Crippen LogP contribution >= 0.6 is 15.9 Å². The molecule has 0 aliphatic carbocycles. The maximum absolute atomic E-state index is 13.8. The minimum absolute atomic E-state index is 0.307. The van der Waals surface area contributed by atoms with Gasteiger partial charge in [0.2, 0.25) is 0 Å². The minimum atomic E-state index is -3.74. The Morgan fingerprint density at radius 2 is 1.61 bits per heavy atom. The normalized spacial score (nSPS) is 12.0. The van der Waals surface area contributed by atoms with E-state index in [0.29, 0.717) is 17.0 Å². The molecule has 0 spiro atoms.